The molecule has 1 N–H and O–H groups in total. The van der Waals surface area contributed by atoms with E-state index in [0.29, 0.717) is 13.0 Å². The van der Waals surface area contributed by atoms with Crippen molar-refractivity contribution in [2.75, 3.05) is 19.4 Å². The Bertz CT molecular complexity index is 608. The number of rotatable bonds is 5. The fraction of sp³-hybridized carbons (Fsp3) is 0.235. The van der Waals surface area contributed by atoms with Crippen LogP contribution >= 0.6 is 0 Å². The first-order chi connectivity index (χ1) is 10.0. The first-order valence-corrected chi connectivity index (χ1v) is 6.82. The van der Waals surface area contributed by atoms with Crippen molar-refractivity contribution in [3.8, 4) is 0 Å². The predicted molar refractivity (Wildman–Crippen MR) is 82.6 cm³/mol. The number of nitrogens with one attached hydrogen (secondary N) is 1. The van der Waals surface area contributed by atoms with Gasteiger partial charge in [0.1, 0.15) is 5.82 Å². The summed E-state index contributed by atoms with van der Waals surface area (Å²) in [5, 5.41) is 3.23. The van der Waals surface area contributed by atoms with Crippen LogP contribution in [0.2, 0.25) is 0 Å². The lowest BCUT2D eigenvalue weighted by atomic mass is 10.1. The van der Waals surface area contributed by atoms with Gasteiger partial charge >= 0.3 is 0 Å². The molecule has 0 aliphatic heterocycles. The van der Waals surface area contributed by atoms with Crippen LogP contribution in [0.1, 0.15) is 11.1 Å². The van der Waals surface area contributed by atoms with Gasteiger partial charge in [-0.2, -0.15) is 0 Å². The van der Waals surface area contributed by atoms with Crippen LogP contribution in [0, 0.1) is 5.82 Å². The highest BCUT2D eigenvalue weighted by Gasteiger charge is 2.05. The summed E-state index contributed by atoms with van der Waals surface area (Å²) in [5.74, 6) is -0.151. The van der Waals surface area contributed by atoms with Crippen LogP contribution in [-0.2, 0) is 17.8 Å². The van der Waals surface area contributed by atoms with E-state index >= 15 is 0 Å². The number of anilines is 1. The fourth-order valence-corrected chi connectivity index (χ4v) is 1.92. The van der Waals surface area contributed by atoms with E-state index in [0.717, 1.165) is 16.8 Å². The van der Waals surface area contributed by atoms with Gasteiger partial charge in [0.25, 0.3) is 0 Å². The van der Waals surface area contributed by atoms with Crippen molar-refractivity contribution in [2.45, 2.75) is 13.0 Å². The summed E-state index contributed by atoms with van der Waals surface area (Å²) in [6.07, 6.45) is 0.400. The van der Waals surface area contributed by atoms with Crippen molar-refractivity contribution >= 4 is 11.6 Å². The maximum absolute atomic E-state index is 13.1. The number of nitrogens with zero attached hydrogens (tertiary/aromatic N) is 1. The Hall–Kier alpha value is -2.36. The van der Waals surface area contributed by atoms with Gasteiger partial charge in [0.2, 0.25) is 5.91 Å². The van der Waals surface area contributed by atoms with E-state index in [1.165, 1.54) is 12.1 Å². The van der Waals surface area contributed by atoms with Gasteiger partial charge in [-0.1, -0.05) is 24.3 Å². The van der Waals surface area contributed by atoms with Gasteiger partial charge in [-0.15, -0.1) is 0 Å². The maximum Gasteiger partial charge on any atom is 0.226 e. The summed E-state index contributed by atoms with van der Waals surface area (Å²) in [6, 6.07) is 14.2. The molecule has 2 aromatic carbocycles. The topological polar surface area (TPSA) is 32.3 Å². The van der Waals surface area contributed by atoms with E-state index in [9.17, 15) is 9.18 Å². The molecule has 21 heavy (non-hydrogen) atoms. The van der Waals surface area contributed by atoms with E-state index in [4.69, 9.17) is 0 Å². The minimum atomic E-state index is -0.230. The molecule has 0 saturated carbocycles. The van der Waals surface area contributed by atoms with Gasteiger partial charge in [0.15, 0.2) is 0 Å². The third kappa shape index (κ3) is 4.60. The maximum atomic E-state index is 13.1. The normalized spacial score (nSPS) is 10.2. The highest BCUT2D eigenvalue weighted by Crippen LogP contribution is 2.12. The molecule has 0 heterocycles. The molecule has 0 unspecified atom stereocenters. The Morgan fingerprint density at radius 2 is 1.81 bits per heavy atom. The van der Waals surface area contributed by atoms with Crippen molar-refractivity contribution in [3.05, 3.63) is 65.5 Å². The van der Waals surface area contributed by atoms with Crippen molar-refractivity contribution < 1.29 is 9.18 Å². The Morgan fingerprint density at radius 3 is 2.43 bits per heavy atom. The van der Waals surface area contributed by atoms with Crippen LogP contribution in [0.5, 0.6) is 0 Å². The largest absolute Gasteiger partial charge is 0.381 e. The standard InChI is InChI=1S/C17H19FN2O/c1-20(2)17(21)11-13-6-8-16(9-7-13)19-12-14-4-3-5-15(18)10-14/h3-10,19H,11-12H2,1-2H3. The van der Waals surface area contributed by atoms with Gasteiger partial charge in [-0.05, 0) is 35.4 Å². The highest BCUT2D eigenvalue weighted by atomic mass is 19.1. The first kappa shape index (κ1) is 15.0. The first-order valence-electron chi connectivity index (χ1n) is 6.82. The van der Waals surface area contributed by atoms with Gasteiger partial charge in [-0.25, -0.2) is 4.39 Å². The minimum Gasteiger partial charge on any atom is -0.381 e. The van der Waals surface area contributed by atoms with Crippen molar-refractivity contribution in [2.24, 2.45) is 0 Å². The average molecular weight is 286 g/mol. The molecule has 4 heteroatoms. The van der Waals surface area contributed by atoms with Crippen molar-refractivity contribution in [3.63, 3.8) is 0 Å². The zero-order valence-electron chi connectivity index (χ0n) is 12.3. The van der Waals surface area contributed by atoms with Crippen LogP contribution in [0.15, 0.2) is 48.5 Å². The molecule has 0 atom stereocenters. The molecule has 2 aromatic rings. The summed E-state index contributed by atoms with van der Waals surface area (Å²) in [6.45, 7) is 0.563. The Kier molecular flexibility index (Phi) is 4.93. The number of carbonyl (C=O) groups excluding carboxylic acids is 1. The minimum absolute atomic E-state index is 0.0791. The molecule has 0 spiro atoms. The highest BCUT2D eigenvalue weighted by molar-refractivity contribution is 5.78. The number of carbonyl (C=O) groups is 1. The van der Waals surface area contributed by atoms with E-state index in [1.807, 2.05) is 30.3 Å². The smallest absolute Gasteiger partial charge is 0.226 e. The third-order valence-corrected chi connectivity index (χ3v) is 3.19. The SMILES string of the molecule is CN(C)C(=O)Cc1ccc(NCc2cccc(F)c2)cc1. The van der Waals surface area contributed by atoms with Crippen molar-refractivity contribution in [1.82, 2.24) is 4.90 Å². The fourth-order valence-electron chi connectivity index (χ4n) is 1.92. The molecule has 0 fully saturated rings. The zero-order chi connectivity index (χ0) is 15.2. The second-order valence-corrected chi connectivity index (χ2v) is 5.15. The molecule has 3 nitrogen and oxygen atoms in total. The number of amides is 1. The molecular weight excluding hydrogens is 267 g/mol. The van der Waals surface area contributed by atoms with E-state index < -0.39 is 0 Å². The Labute approximate surface area is 124 Å². The molecule has 1 amide bonds. The molecule has 0 bridgehead atoms. The molecule has 110 valence electrons. The number of benzene rings is 2. The number of likely N-dealkylation sites (N-methyl/N-ethyl adjacent to an activating group) is 1. The van der Waals surface area contributed by atoms with Crippen LogP contribution in [-0.4, -0.2) is 24.9 Å². The van der Waals surface area contributed by atoms with Gasteiger partial charge in [0.05, 0.1) is 6.42 Å². The molecule has 0 radical (unpaired) electrons. The van der Waals surface area contributed by atoms with Gasteiger partial charge < -0.3 is 10.2 Å². The Morgan fingerprint density at radius 1 is 1.10 bits per heavy atom. The summed E-state index contributed by atoms with van der Waals surface area (Å²) in [4.78, 5) is 13.2. The molecule has 0 aliphatic carbocycles. The average Bonchev–Trinajstić information content (AvgIpc) is 2.46. The molecule has 2 rings (SSSR count). The lowest BCUT2D eigenvalue weighted by Gasteiger charge is -2.11. The van der Waals surface area contributed by atoms with Crippen LogP contribution in [0.25, 0.3) is 0 Å². The van der Waals surface area contributed by atoms with Gasteiger partial charge in [0, 0.05) is 26.3 Å². The van der Waals surface area contributed by atoms with E-state index in [-0.39, 0.29) is 11.7 Å². The molecule has 0 saturated heterocycles. The monoisotopic (exact) mass is 286 g/mol. The number of halogens is 1. The summed E-state index contributed by atoms with van der Waals surface area (Å²) in [7, 11) is 3.49. The zero-order valence-corrected chi connectivity index (χ0v) is 12.3. The summed E-state index contributed by atoms with van der Waals surface area (Å²) >= 11 is 0. The van der Waals surface area contributed by atoms with Crippen molar-refractivity contribution in [1.29, 1.82) is 0 Å². The summed E-state index contributed by atoms with van der Waals surface area (Å²) < 4.78 is 13.1. The summed E-state index contributed by atoms with van der Waals surface area (Å²) in [5.41, 5.74) is 2.81. The second-order valence-electron chi connectivity index (χ2n) is 5.15. The molecular formula is C17H19FN2O. The molecule has 0 aliphatic rings. The Balaban J connectivity index is 1.92. The van der Waals surface area contributed by atoms with Gasteiger partial charge in [-0.3, -0.25) is 4.79 Å². The number of hydrogen-bond donors (Lipinski definition) is 1. The van der Waals surface area contributed by atoms with Crippen LogP contribution in [0.4, 0.5) is 10.1 Å². The van der Waals surface area contributed by atoms with E-state index in [2.05, 4.69) is 5.32 Å². The second kappa shape index (κ2) is 6.88. The quantitative estimate of drug-likeness (QED) is 0.916. The predicted octanol–water partition coefficient (Wildman–Crippen LogP) is 3.07. The van der Waals surface area contributed by atoms with Crippen LogP contribution < -0.4 is 5.32 Å². The lowest BCUT2D eigenvalue weighted by molar-refractivity contribution is -0.127. The van der Waals surface area contributed by atoms with Crippen LogP contribution in [0.3, 0.4) is 0 Å². The molecule has 0 aromatic heterocycles. The lowest BCUT2D eigenvalue weighted by Crippen LogP contribution is -2.23. The number of hydrogen-bond acceptors (Lipinski definition) is 2. The van der Waals surface area contributed by atoms with E-state index in [1.54, 1.807) is 25.1 Å². The third-order valence-electron chi connectivity index (χ3n) is 3.19.